The first kappa shape index (κ1) is 18.1. The Kier molecular flexibility index (Phi) is 4.37. The minimum Gasteiger partial charge on any atom is -0.373 e. The summed E-state index contributed by atoms with van der Waals surface area (Å²) in [4.78, 5) is 7.97. The van der Waals surface area contributed by atoms with Gasteiger partial charge in [0.05, 0.1) is 17.6 Å². The van der Waals surface area contributed by atoms with E-state index in [9.17, 15) is 18.3 Å². The van der Waals surface area contributed by atoms with Gasteiger partial charge in [0.2, 0.25) is 0 Å². The molecule has 3 heterocycles. The predicted molar refractivity (Wildman–Crippen MR) is 98.0 cm³/mol. The Labute approximate surface area is 157 Å². The minimum absolute atomic E-state index is 0.218. The number of pyridine rings is 2. The molecular weight excluding hydrogens is 369 g/mol. The number of hydrogen-bond acceptors (Lipinski definition) is 4. The highest BCUT2D eigenvalue weighted by atomic mass is 19.4. The molecule has 142 valence electrons. The number of nitrogens with two attached hydrogens (primary N) is 1. The van der Waals surface area contributed by atoms with Crippen molar-refractivity contribution in [1.82, 2.24) is 14.4 Å². The summed E-state index contributed by atoms with van der Waals surface area (Å²) in [6.45, 7) is 0. The Hall–Kier alpha value is -3.23. The molecule has 0 aliphatic carbocycles. The van der Waals surface area contributed by atoms with Gasteiger partial charge < -0.3 is 10.8 Å². The normalized spacial score (nSPS) is 13.0. The predicted octanol–water partition coefficient (Wildman–Crippen LogP) is 4.03. The molecule has 0 fully saturated rings. The van der Waals surface area contributed by atoms with E-state index in [2.05, 4.69) is 9.97 Å². The van der Waals surface area contributed by atoms with E-state index in [4.69, 9.17) is 5.73 Å². The molecule has 1 aromatic carbocycles. The highest BCUT2D eigenvalue weighted by Crippen LogP contribution is 2.34. The standard InChI is InChI=1S/C20H15F3N4O/c21-20(22,23)17-7-3-6-15(26-17)14-5-2-1-4-13(14)12-8-9-18-25-10-16(19(24)28)27(18)11-12/h1-11,19,28H,24H2. The van der Waals surface area contributed by atoms with Crippen LogP contribution in [0.15, 0.2) is 67.0 Å². The average molecular weight is 384 g/mol. The third-order valence-electron chi connectivity index (χ3n) is 4.39. The fourth-order valence-corrected chi connectivity index (χ4v) is 3.08. The number of alkyl halides is 3. The largest absolute Gasteiger partial charge is 0.433 e. The summed E-state index contributed by atoms with van der Waals surface area (Å²) in [5, 5.41) is 9.71. The van der Waals surface area contributed by atoms with Gasteiger partial charge in [0.1, 0.15) is 17.6 Å². The molecule has 5 nitrogen and oxygen atoms in total. The molecule has 3 aromatic heterocycles. The number of nitrogens with zero attached hydrogens (tertiary/aromatic N) is 3. The molecule has 0 aliphatic heterocycles. The number of fused-ring (bicyclic) bond motifs is 1. The van der Waals surface area contributed by atoms with Crippen LogP contribution in [-0.4, -0.2) is 19.5 Å². The first-order valence-electron chi connectivity index (χ1n) is 8.39. The lowest BCUT2D eigenvalue weighted by molar-refractivity contribution is -0.141. The molecule has 1 unspecified atom stereocenters. The van der Waals surface area contributed by atoms with Crippen LogP contribution in [0, 0.1) is 0 Å². The lowest BCUT2D eigenvalue weighted by Gasteiger charge is -2.13. The molecule has 28 heavy (non-hydrogen) atoms. The van der Waals surface area contributed by atoms with Gasteiger partial charge in [-0.15, -0.1) is 0 Å². The maximum absolute atomic E-state index is 13.1. The van der Waals surface area contributed by atoms with Crippen LogP contribution < -0.4 is 5.73 Å². The third kappa shape index (κ3) is 3.23. The van der Waals surface area contributed by atoms with E-state index in [0.29, 0.717) is 22.5 Å². The molecule has 0 saturated carbocycles. The Morgan fingerprint density at radius 1 is 0.964 bits per heavy atom. The molecule has 4 rings (SSSR count). The van der Waals surface area contributed by atoms with Crippen molar-refractivity contribution in [2.75, 3.05) is 0 Å². The van der Waals surface area contributed by atoms with Gasteiger partial charge in [-0.25, -0.2) is 9.97 Å². The summed E-state index contributed by atoms with van der Waals surface area (Å²) in [6.07, 6.45) is -2.51. The van der Waals surface area contributed by atoms with Crippen LogP contribution >= 0.6 is 0 Å². The van der Waals surface area contributed by atoms with Crippen molar-refractivity contribution >= 4 is 5.65 Å². The van der Waals surface area contributed by atoms with Gasteiger partial charge in [0.15, 0.2) is 0 Å². The maximum atomic E-state index is 13.1. The molecule has 0 radical (unpaired) electrons. The second-order valence-corrected chi connectivity index (χ2v) is 6.23. The zero-order chi connectivity index (χ0) is 19.9. The zero-order valence-corrected chi connectivity index (χ0v) is 14.4. The third-order valence-corrected chi connectivity index (χ3v) is 4.39. The molecule has 0 bridgehead atoms. The Morgan fingerprint density at radius 2 is 1.71 bits per heavy atom. The minimum atomic E-state index is -4.52. The molecular formula is C20H15F3N4O. The summed E-state index contributed by atoms with van der Waals surface area (Å²) in [5.41, 5.74) is 7.82. The maximum Gasteiger partial charge on any atom is 0.433 e. The van der Waals surface area contributed by atoms with Crippen LogP contribution in [0.25, 0.3) is 28.0 Å². The quantitative estimate of drug-likeness (QED) is 0.523. The van der Waals surface area contributed by atoms with E-state index in [0.717, 1.165) is 11.6 Å². The molecule has 1 atom stereocenters. The van der Waals surface area contributed by atoms with E-state index in [1.165, 1.54) is 12.3 Å². The van der Waals surface area contributed by atoms with E-state index in [1.54, 1.807) is 53.1 Å². The number of aliphatic hydroxyl groups is 1. The molecule has 3 N–H and O–H groups in total. The van der Waals surface area contributed by atoms with Gasteiger partial charge in [-0.1, -0.05) is 30.3 Å². The summed E-state index contributed by atoms with van der Waals surface area (Å²) in [5.74, 6) is 0. The number of aromatic nitrogens is 3. The SMILES string of the molecule is NC(O)c1cnc2ccc(-c3ccccc3-c3cccc(C(F)(F)F)n3)cn12. The van der Waals surface area contributed by atoms with Crippen molar-refractivity contribution in [2.45, 2.75) is 12.4 Å². The van der Waals surface area contributed by atoms with Crippen LogP contribution in [0.5, 0.6) is 0 Å². The van der Waals surface area contributed by atoms with Crippen LogP contribution in [0.2, 0.25) is 0 Å². The van der Waals surface area contributed by atoms with Gasteiger partial charge in [-0.2, -0.15) is 13.2 Å². The van der Waals surface area contributed by atoms with Gasteiger partial charge in [-0.05, 0) is 35.4 Å². The second kappa shape index (κ2) is 6.74. The van der Waals surface area contributed by atoms with Crippen LogP contribution in [0.4, 0.5) is 13.2 Å². The monoisotopic (exact) mass is 384 g/mol. The molecule has 0 aliphatic rings. The van der Waals surface area contributed by atoms with Crippen molar-refractivity contribution in [1.29, 1.82) is 0 Å². The summed E-state index contributed by atoms with van der Waals surface area (Å²) < 4.78 is 40.8. The highest BCUT2D eigenvalue weighted by Gasteiger charge is 2.32. The highest BCUT2D eigenvalue weighted by molar-refractivity contribution is 5.82. The Balaban J connectivity index is 1.87. The molecule has 0 saturated heterocycles. The van der Waals surface area contributed by atoms with Crippen molar-refractivity contribution in [3.05, 3.63) is 78.4 Å². The van der Waals surface area contributed by atoms with Crippen LogP contribution in [0.1, 0.15) is 17.6 Å². The Bertz CT molecular complexity index is 1150. The molecule has 0 amide bonds. The van der Waals surface area contributed by atoms with Gasteiger partial charge in [0.25, 0.3) is 0 Å². The van der Waals surface area contributed by atoms with Gasteiger partial charge in [-0.3, -0.25) is 4.40 Å². The summed E-state index contributed by atoms with van der Waals surface area (Å²) in [6, 6.07) is 14.4. The van der Waals surface area contributed by atoms with Crippen molar-refractivity contribution < 1.29 is 18.3 Å². The zero-order valence-electron chi connectivity index (χ0n) is 14.4. The first-order valence-corrected chi connectivity index (χ1v) is 8.39. The Morgan fingerprint density at radius 3 is 2.43 bits per heavy atom. The topological polar surface area (TPSA) is 76.4 Å². The number of aliphatic hydroxyl groups excluding tert-OH is 1. The number of benzene rings is 1. The van der Waals surface area contributed by atoms with E-state index < -0.39 is 18.1 Å². The van der Waals surface area contributed by atoms with Crippen molar-refractivity contribution in [2.24, 2.45) is 5.73 Å². The fourth-order valence-electron chi connectivity index (χ4n) is 3.08. The number of rotatable bonds is 3. The second-order valence-electron chi connectivity index (χ2n) is 6.23. The van der Waals surface area contributed by atoms with E-state index >= 15 is 0 Å². The van der Waals surface area contributed by atoms with Crippen LogP contribution in [-0.2, 0) is 6.18 Å². The van der Waals surface area contributed by atoms with E-state index in [-0.39, 0.29) is 5.69 Å². The van der Waals surface area contributed by atoms with Crippen molar-refractivity contribution in [3.63, 3.8) is 0 Å². The average Bonchev–Trinajstić information content (AvgIpc) is 3.11. The van der Waals surface area contributed by atoms with Gasteiger partial charge in [0, 0.05) is 11.8 Å². The number of imidazole rings is 1. The lowest BCUT2D eigenvalue weighted by Crippen LogP contribution is -2.11. The number of halogens is 3. The first-order chi connectivity index (χ1) is 13.3. The lowest BCUT2D eigenvalue weighted by atomic mass is 9.98. The molecule has 4 aromatic rings. The summed E-state index contributed by atoms with van der Waals surface area (Å²) in [7, 11) is 0. The fraction of sp³-hybridized carbons (Fsp3) is 0.100. The van der Waals surface area contributed by atoms with Gasteiger partial charge >= 0.3 is 6.18 Å². The summed E-state index contributed by atoms with van der Waals surface area (Å²) >= 11 is 0. The number of hydrogen-bond donors (Lipinski definition) is 2. The molecule has 8 heteroatoms. The van der Waals surface area contributed by atoms with E-state index in [1.807, 2.05) is 0 Å². The molecule has 0 spiro atoms. The van der Waals surface area contributed by atoms with Crippen molar-refractivity contribution in [3.8, 4) is 22.4 Å². The van der Waals surface area contributed by atoms with Crippen LogP contribution in [0.3, 0.4) is 0 Å². The smallest absolute Gasteiger partial charge is 0.373 e.